The standard InChI is InChI=1S/C15H21BrN2O/c16-14-10-12(13-2-1-5-17-11-13)3-4-15(14)18-6-8-19-9-7-18/h3-4,10,13,17H,1-2,5-9,11H2. The van der Waals surface area contributed by atoms with Gasteiger partial charge in [-0.3, -0.25) is 0 Å². The molecule has 4 heteroatoms. The molecule has 2 heterocycles. The maximum atomic E-state index is 5.41. The van der Waals surface area contributed by atoms with Gasteiger partial charge < -0.3 is 15.0 Å². The molecule has 0 saturated carbocycles. The Kier molecular flexibility index (Phi) is 4.41. The molecule has 3 nitrogen and oxygen atoms in total. The molecule has 1 aromatic carbocycles. The van der Waals surface area contributed by atoms with Gasteiger partial charge in [-0.15, -0.1) is 0 Å². The van der Waals surface area contributed by atoms with Crippen molar-refractivity contribution in [2.75, 3.05) is 44.3 Å². The molecule has 0 aromatic heterocycles. The lowest BCUT2D eigenvalue weighted by Crippen LogP contribution is -2.36. The minimum absolute atomic E-state index is 0.670. The lowest BCUT2D eigenvalue weighted by molar-refractivity contribution is 0.122. The van der Waals surface area contributed by atoms with E-state index in [9.17, 15) is 0 Å². The molecule has 0 spiro atoms. The SMILES string of the molecule is Brc1cc(C2CCCNC2)ccc1N1CCOCC1. The second-order valence-electron chi connectivity index (χ2n) is 5.35. The van der Waals surface area contributed by atoms with E-state index in [1.807, 2.05) is 0 Å². The molecule has 0 aliphatic carbocycles. The predicted molar refractivity (Wildman–Crippen MR) is 82.0 cm³/mol. The average Bonchev–Trinajstić information content (AvgIpc) is 2.49. The first-order chi connectivity index (χ1) is 9.34. The molecular weight excluding hydrogens is 304 g/mol. The van der Waals surface area contributed by atoms with Gasteiger partial charge in [0, 0.05) is 24.1 Å². The van der Waals surface area contributed by atoms with Crippen molar-refractivity contribution in [3.05, 3.63) is 28.2 Å². The van der Waals surface area contributed by atoms with Gasteiger partial charge in [-0.05, 0) is 58.9 Å². The fraction of sp³-hybridized carbons (Fsp3) is 0.600. The smallest absolute Gasteiger partial charge is 0.0642 e. The summed E-state index contributed by atoms with van der Waals surface area (Å²) in [6.45, 7) is 5.93. The summed E-state index contributed by atoms with van der Waals surface area (Å²) in [6.07, 6.45) is 2.59. The number of halogens is 1. The summed E-state index contributed by atoms with van der Waals surface area (Å²) >= 11 is 3.75. The Morgan fingerprint density at radius 1 is 1.26 bits per heavy atom. The Morgan fingerprint density at radius 3 is 2.79 bits per heavy atom. The van der Waals surface area contributed by atoms with Crippen molar-refractivity contribution in [2.24, 2.45) is 0 Å². The Bertz CT molecular complexity index is 426. The maximum absolute atomic E-state index is 5.41. The molecule has 104 valence electrons. The molecule has 1 aromatic rings. The number of hydrogen-bond donors (Lipinski definition) is 1. The summed E-state index contributed by atoms with van der Waals surface area (Å²) in [4.78, 5) is 2.40. The molecule has 0 amide bonds. The molecule has 1 N–H and O–H groups in total. The van der Waals surface area contributed by atoms with Crippen molar-refractivity contribution >= 4 is 21.6 Å². The van der Waals surface area contributed by atoms with E-state index in [-0.39, 0.29) is 0 Å². The van der Waals surface area contributed by atoms with E-state index in [2.05, 4.69) is 44.3 Å². The molecule has 0 bridgehead atoms. The second-order valence-corrected chi connectivity index (χ2v) is 6.21. The molecule has 0 radical (unpaired) electrons. The molecule has 19 heavy (non-hydrogen) atoms. The monoisotopic (exact) mass is 324 g/mol. The molecule has 3 rings (SSSR count). The van der Waals surface area contributed by atoms with Crippen LogP contribution in [0.2, 0.25) is 0 Å². The van der Waals surface area contributed by atoms with Crippen LogP contribution in [0.25, 0.3) is 0 Å². The van der Waals surface area contributed by atoms with Crippen LogP contribution in [-0.4, -0.2) is 39.4 Å². The molecule has 2 aliphatic rings. The minimum atomic E-state index is 0.670. The summed E-state index contributed by atoms with van der Waals surface area (Å²) in [5.74, 6) is 0.670. The number of nitrogens with one attached hydrogen (secondary N) is 1. The third-order valence-corrected chi connectivity index (χ3v) is 4.73. The summed E-state index contributed by atoms with van der Waals surface area (Å²) in [6, 6.07) is 6.87. The first-order valence-corrected chi connectivity index (χ1v) is 7.97. The normalized spacial score (nSPS) is 24.5. The van der Waals surface area contributed by atoms with E-state index in [0.717, 1.165) is 32.8 Å². The second kappa shape index (κ2) is 6.25. The number of morpholine rings is 1. The molecular formula is C15H21BrN2O. The van der Waals surface area contributed by atoms with E-state index in [0.29, 0.717) is 5.92 Å². The van der Waals surface area contributed by atoms with E-state index in [1.54, 1.807) is 0 Å². The summed E-state index contributed by atoms with van der Waals surface area (Å²) < 4.78 is 6.63. The molecule has 1 atom stereocenters. The van der Waals surface area contributed by atoms with Crippen LogP contribution >= 0.6 is 15.9 Å². The van der Waals surface area contributed by atoms with Gasteiger partial charge >= 0.3 is 0 Å². The van der Waals surface area contributed by atoms with E-state index in [4.69, 9.17) is 4.74 Å². The van der Waals surface area contributed by atoms with Crippen molar-refractivity contribution in [2.45, 2.75) is 18.8 Å². The number of piperidine rings is 1. The summed E-state index contributed by atoms with van der Waals surface area (Å²) in [7, 11) is 0. The number of nitrogens with zero attached hydrogens (tertiary/aromatic N) is 1. The molecule has 2 saturated heterocycles. The van der Waals surface area contributed by atoms with Crippen molar-refractivity contribution in [3.8, 4) is 0 Å². The van der Waals surface area contributed by atoms with Crippen LogP contribution in [0, 0.1) is 0 Å². The summed E-state index contributed by atoms with van der Waals surface area (Å²) in [5, 5.41) is 3.49. The van der Waals surface area contributed by atoms with Gasteiger partial charge in [0.25, 0.3) is 0 Å². The van der Waals surface area contributed by atoms with E-state index < -0.39 is 0 Å². The number of ether oxygens (including phenoxy) is 1. The first-order valence-electron chi connectivity index (χ1n) is 7.17. The fourth-order valence-electron chi connectivity index (χ4n) is 2.97. The largest absolute Gasteiger partial charge is 0.378 e. The predicted octanol–water partition coefficient (Wildman–Crippen LogP) is 2.75. The van der Waals surface area contributed by atoms with Crippen LogP contribution in [-0.2, 0) is 4.74 Å². The number of anilines is 1. The Labute approximate surface area is 123 Å². The Hall–Kier alpha value is -0.580. The number of hydrogen-bond acceptors (Lipinski definition) is 3. The van der Waals surface area contributed by atoms with Crippen molar-refractivity contribution in [1.29, 1.82) is 0 Å². The van der Waals surface area contributed by atoms with Crippen molar-refractivity contribution in [3.63, 3.8) is 0 Å². The maximum Gasteiger partial charge on any atom is 0.0642 e. The minimum Gasteiger partial charge on any atom is -0.378 e. The number of rotatable bonds is 2. The van der Waals surface area contributed by atoms with Gasteiger partial charge in [0.05, 0.1) is 18.9 Å². The fourth-order valence-corrected chi connectivity index (χ4v) is 3.62. The van der Waals surface area contributed by atoms with Crippen LogP contribution in [0.5, 0.6) is 0 Å². The number of benzene rings is 1. The topological polar surface area (TPSA) is 24.5 Å². The summed E-state index contributed by atoms with van der Waals surface area (Å²) in [5.41, 5.74) is 2.76. The van der Waals surface area contributed by atoms with Gasteiger partial charge in [0.15, 0.2) is 0 Å². The lowest BCUT2D eigenvalue weighted by Gasteiger charge is -2.30. The Balaban J connectivity index is 1.76. The third kappa shape index (κ3) is 3.12. The lowest BCUT2D eigenvalue weighted by atomic mass is 9.91. The van der Waals surface area contributed by atoms with Gasteiger partial charge in [-0.25, -0.2) is 0 Å². The van der Waals surface area contributed by atoms with Gasteiger partial charge in [-0.2, -0.15) is 0 Å². The zero-order valence-corrected chi connectivity index (χ0v) is 12.8. The first kappa shape index (κ1) is 13.4. The highest BCUT2D eigenvalue weighted by atomic mass is 79.9. The van der Waals surface area contributed by atoms with Crippen LogP contribution in [0.4, 0.5) is 5.69 Å². The molecule has 2 fully saturated rings. The van der Waals surface area contributed by atoms with Gasteiger partial charge in [0.1, 0.15) is 0 Å². The zero-order chi connectivity index (χ0) is 13.1. The zero-order valence-electron chi connectivity index (χ0n) is 11.2. The molecule has 2 aliphatic heterocycles. The van der Waals surface area contributed by atoms with Crippen molar-refractivity contribution < 1.29 is 4.74 Å². The van der Waals surface area contributed by atoms with Crippen LogP contribution < -0.4 is 10.2 Å². The van der Waals surface area contributed by atoms with Crippen LogP contribution in [0.1, 0.15) is 24.3 Å². The van der Waals surface area contributed by atoms with Gasteiger partial charge in [0.2, 0.25) is 0 Å². The molecule has 1 unspecified atom stereocenters. The quantitative estimate of drug-likeness (QED) is 0.905. The van der Waals surface area contributed by atoms with Crippen LogP contribution in [0.3, 0.4) is 0 Å². The highest BCUT2D eigenvalue weighted by molar-refractivity contribution is 9.10. The highest BCUT2D eigenvalue weighted by Gasteiger charge is 2.18. The highest BCUT2D eigenvalue weighted by Crippen LogP contribution is 2.32. The Morgan fingerprint density at radius 2 is 2.11 bits per heavy atom. The van der Waals surface area contributed by atoms with Crippen molar-refractivity contribution in [1.82, 2.24) is 5.32 Å². The van der Waals surface area contributed by atoms with Crippen LogP contribution in [0.15, 0.2) is 22.7 Å². The van der Waals surface area contributed by atoms with E-state index >= 15 is 0 Å². The van der Waals surface area contributed by atoms with E-state index in [1.165, 1.54) is 35.1 Å². The average molecular weight is 325 g/mol. The van der Waals surface area contributed by atoms with Gasteiger partial charge in [-0.1, -0.05) is 6.07 Å². The third-order valence-electron chi connectivity index (χ3n) is 4.09.